The maximum Gasteiger partial charge on any atom is 0.166 e. The number of ether oxygens (including phenoxy) is 6. The van der Waals surface area contributed by atoms with Crippen LogP contribution in [0.15, 0.2) is 54.1 Å². The lowest BCUT2D eigenvalue weighted by Crippen LogP contribution is -2.43. The van der Waals surface area contributed by atoms with Gasteiger partial charge in [0.05, 0.1) is 41.2 Å². The minimum absolute atomic E-state index is 0.0679. The van der Waals surface area contributed by atoms with Gasteiger partial charge in [0.25, 0.3) is 0 Å². The van der Waals surface area contributed by atoms with Gasteiger partial charge < -0.3 is 33.5 Å². The van der Waals surface area contributed by atoms with Crippen molar-refractivity contribution < 1.29 is 33.5 Å². The highest BCUT2D eigenvalue weighted by molar-refractivity contribution is 5.57. The number of aliphatic hydroxyl groups is 1. The molecule has 1 N–H and O–H groups in total. The van der Waals surface area contributed by atoms with E-state index in [-0.39, 0.29) is 17.9 Å². The highest BCUT2D eigenvalue weighted by atomic mass is 16.7. The van der Waals surface area contributed by atoms with Crippen LogP contribution in [-0.4, -0.2) is 57.6 Å². The average Bonchev–Trinajstić information content (AvgIpc) is 3.34. The molecule has 1 spiro atoms. The van der Waals surface area contributed by atoms with Crippen LogP contribution >= 0.6 is 0 Å². The molecule has 1 aliphatic carbocycles. The quantitative estimate of drug-likeness (QED) is 0.558. The Labute approximate surface area is 212 Å². The topological polar surface area (TPSA) is 75.6 Å². The Hall–Kier alpha value is -3.00. The van der Waals surface area contributed by atoms with Crippen LogP contribution in [-0.2, 0) is 9.47 Å². The van der Waals surface area contributed by atoms with Gasteiger partial charge >= 0.3 is 0 Å². The predicted octanol–water partition coefficient (Wildman–Crippen LogP) is 4.73. The van der Waals surface area contributed by atoms with Crippen molar-refractivity contribution in [3.05, 3.63) is 65.3 Å². The van der Waals surface area contributed by atoms with Gasteiger partial charge in [-0.05, 0) is 60.2 Å². The first kappa shape index (κ1) is 24.7. The Morgan fingerprint density at radius 1 is 0.889 bits per heavy atom. The van der Waals surface area contributed by atoms with E-state index in [0.29, 0.717) is 42.4 Å². The molecule has 5 rings (SSSR count). The van der Waals surface area contributed by atoms with Crippen LogP contribution in [0.1, 0.15) is 36.8 Å². The predicted molar refractivity (Wildman–Crippen MR) is 136 cm³/mol. The molecule has 2 fully saturated rings. The SMILES string of the molecule is COc1ccc(/C=C/[C@@H]2C[C@@]34OC(C)(O)C[C@@H]3OCC4=C[C@H]2c2ccc(OC)c(OC)c2)cc1OC. The number of hydrogen-bond donors (Lipinski definition) is 1. The van der Waals surface area contributed by atoms with Crippen LogP contribution in [0.25, 0.3) is 6.08 Å². The third kappa shape index (κ3) is 4.25. The maximum atomic E-state index is 10.7. The summed E-state index contributed by atoms with van der Waals surface area (Å²) in [7, 11) is 6.55. The summed E-state index contributed by atoms with van der Waals surface area (Å²) in [4.78, 5) is 0. The molecular weight excluding hydrogens is 460 g/mol. The van der Waals surface area contributed by atoms with Gasteiger partial charge in [0.1, 0.15) is 5.60 Å². The largest absolute Gasteiger partial charge is 0.493 e. The van der Waals surface area contributed by atoms with Crippen molar-refractivity contribution in [3.63, 3.8) is 0 Å². The molecule has 5 atom stereocenters. The summed E-state index contributed by atoms with van der Waals surface area (Å²) < 4.78 is 34.4. The number of benzene rings is 2. The van der Waals surface area contributed by atoms with Crippen LogP contribution in [0.2, 0.25) is 0 Å². The maximum absolute atomic E-state index is 10.7. The summed E-state index contributed by atoms with van der Waals surface area (Å²) in [5.41, 5.74) is 2.60. The van der Waals surface area contributed by atoms with E-state index in [1.807, 2.05) is 30.3 Å². The van der Waals surface area contributed by atoms with Crippen molar-refractivity contribution in [1.82, 2.24) is 0 Å². The van der Waals surface area contributed by atoms with E-state index in [4.69, 9.17) is 28.4 Å². The molecule has 2 aliphatic heterocycles. The summed E-state index contributed by atoms with van der Waals surface area (Å²) in [6.07, 6.45) is 7.57. The molecule has 0 radical (unpaired) electrons. The van der Waals surface area contributed by atoms with E-state index in [1.165, 1.54) is 0 Å². The van der Waals surface area contributed by atoms with Crippen molar-refractivity contribution >= 4 is 6.08 Å². The zero-order valence-electron chi connectivity index (χ0n) is 21.4. The fourth-order valence-electron chi connectivity index (χ4n) is 5.88. The number of hydrogen-bond acceptors (Lipinski definition) is 7. The summed E-state index contributed by atoms with van der Waals surface area (Å²) in [6, 6.07) is 11.9. The molecular formula is C29H34O7. The second-order valence-electron chi connectivity index (χ2n) is 9.84. The Morgan fingerprint density at radius 2 is 1.56 bits per heavy atom. The highest BCUT2D eigenvalue weighted by Crippen LogP contribution is 2.56. The number of methoxy groups -OCH3 is 4. The molecule has 0 aromatic heterocycles. The molecule has 7 heteroatoms. The average molecular weight is 495 g/mol. The van der Waals surface area contributed by atoms with Crippen molar-refractivity contribution in [1.29, 1.82) is 0 Å². The minimum Gasteiger partial charge on any atom is -0.493 e. The second-order valence-corrected chi connectivity index (χ2v) is 9.84. The molecule has 2 aromatic rings. The monoisotopic (exact) mass is 494 g/mol. The molecule has 2 aromatic carbocycles. The third-order valence-electron chi connectivity index (χ3n) is 7.59. The summed E-state index contributed by atoms with van der Waals surface area (Å²) in [5.74, 6) is 1.69. The van der Waals surface area contributed by atoms with Gasteiger partial charge in [0.15, 0.2) is 28.8 Å². The van der Waals surface area contributed by atoms with Gasteiger partial charge in [0, 0.05) is 12.3 Å². The van der Waals surface area contributed by atoms with E-state index in [2.05, 4.69) is 24.3 Å². The van der Waals surface area contributed by atoms with Crippen LogP contribution < -0.4 is 18.9 Å². The fraction of sp³-hybridized carbons (Fsp3) is 0.448. The van der Waals surface area contributed by atoms with Gasteiger partial charge in [0.2, 0.25) is 0 Å². The third-order valence-corrected chi connectivity index (χ3v) is 7.59. The van der Waals surface area contributed by atoms with Crippen LogP contribution in [0.3, 0.4) is 0 Å². The van der Waals surface area contributed by atoms with E-state index in [1.54, 1.807) is 35.4 Å². The molecule has 2 heterocycles. The van der Waals surface area contributed by atoms with Crippen molar-refractivity contribution in [2.75, 3.05) is 35.0 Å². The van der Waals surface area contributed by atoms with Gasteiger partial charge in [-0.2, -0.15) is 0 Å². The summed E-state index contributed by atoms with van der Waals surface area (Å²) in [6.45, 7) is 2.23. The molecule has 0 saturated carbocycles. The number of allylic oxidation sites excluding steroid dienone is 2. The number of rotatable bonds is 7. The molecule has 1 unspecified atom stereocenters. The Kier molecular flexibility index (Phi) is 6.49. The normalized spacial score (nSPS) is 31.1. The van der Waals surface area contributed by atoms with Gasteiger partial charge in [-0.25, -0.2) is 0 Å². The molecule has 3 aliphatic rings. The lowest BCUT2D eigenvalue weighted by Gasteiger charge is -2.40. The second kappa shape index (κ2) is 9.47. The minimum atomic E-state index is -1.21. The lowest BCUT2D eigenvalue weighted by atomic mass is 9.69. The zero-order chi connectivity index (χ0) is 25.5. The molecule has 192 valence electrons. The Balaban J connectivity index is 1.55. The van der Waals surface area contributed by atoms with E-state index < -0.39 is 11.4 Å². The molecule has 2 saturated heterocycles. The highest BCUT2D eigenvalue weighted by Gasteiger charge is 2.61. The van der Waals surface area contributed by atoms with Crippen LogP contribution in [0.5, 0.6) is 23.0 Å². The first-order valence-corrected chi connectivity index (χ1v) is 12.2. The Bertz CT molecular complexity index is 1180. The standard InChI is InChI=1S/C29H34O7/c1-28(30)16-27-29(36-28)15-20(8-6-18-7-10-23(31-2)25(12-18)33-4)22(14-21(29)17-35-27)19-9-11-24(32-3)26(13-19)34-5/h6-14,20,22,27,30H,15-17H2,1-5H3/b8-6+/t20-,22+,27+,28?,29+/m1/s1. The fourth-order valence-corrected chi connectivity index (χ4v) is 5.88. The van der Waals surface area contributed by atoms with Crippen LogP contribution in [0, 0.1) is 5.92 Å². The van der Waals surface area contributed by atoms with Gasteiger partial charge in [-0.1, -0.05) is 30.4 Å². The molecule has 36 heavy (non-hydrogen) atoms. The van der Waals surface area contributed by atoms with Crippen molar-refractivity contribution in [3.8, 4) is 23.0 Å². The van der Waals surface area contributed by atoms with E-state index in [9.17, 15) is 5.11 Å². The van der Waals surface area contributed by atoms with E-state index in [0.717, 1.165) is 16.7 Å². The summed E-state index contributed by atoms with van der Waals surface area (Å²) >= 11 is 0. The first-order chi connectivity index (χ1) is 17.3. The zero-order valence-corrected chi connectivity index (χ0v) is 21.4. The summed E-state index contributed by atoms with van der Waals surface area (Å²) in [5, 5.41) is 10.7. The van der Waals surface area contributed by atoms with Crippen LogP contribution in [0.4, 0.5) is 0 Å². The molecule has 0 bridgehead atoms. The Morgan fingerprint density at radius 3 is 2.25 bits per heavy atom. The lowest BCUT2D eigenvalue weighted by molar-refractivity contribution is -0.205. The van der Waals surface area contributed by atoms with E-state index >= 15 is 0 Å². The van der Waals surface area contributed by atoms with Crippen molar-refractivity contribution in [2.24, 2.45) is 5.92 Å². The molecule has 7 nitrogen and oxygen atoms in total. The smallest absolute Gasteiger partial charge is 0.166 e. The molecule has 0 amide bonds. The van der Waals surface area contributed by atoms with Gasteiger partial charge in [-0.15, -0.1) is 0 Å². The van der Waals surface area contributed by atoms with Crippen molar-refractivity contribution in [2.45, 2.75) is 43.2 Å². The first-order valence-electron chi connectivity index (χ1n) is 12.2. The van der Waals surface area contributed by atoms with Gasteiger partial charge in [-0.3, -0.25) is 0 Å².